The summed E-state index contributed by atoms with van der Waals surface area (Å²) in [6, 6.07) is 18.9. The van der Waals surface area contributed by atoms with Crippen LogP contribution in [0.1, 0.15) is 16.1 Å². The molecule has 6 nitrogen and oxygen atoms in total. The van der Waals surface area contributed by atoms with Crippen molar-refractivity contribution in [3.05, 3.63) is 84.2 Å². The zero-order valence-corrected chi connectivity index (χ0v) is 13.3. The van der Waals surface area contributed by atoms with Crippen molar-refractivity contribution in [1.29, 1.82) is 0 Å². The number of amides is 1. The Kier molecular flexibility index (Phi) is 5.01. The second kappa shape index (κ2) is 7.74. The van der Waals surface area contributed by atoms with Gasteiger partial charge in [0.1, 0.15) is 0 Å². The highest BCUT2D eigenvalue weighted by Gasteiger charge is 2.16. The van der Waals surface area contributed by atoms with E-state index in [2.05, 4.69) is 15.6 Å². The highest BCUT2D eigenvalue weighted by Crippen LogP contribution is 2.17. The molecule has 2 aromatic carbocycles. The minimum Gasteiger partial charge on any atom is -0.504 e. The first-order chi connectivity index (χ1) is 12.2. The van der Waals surface area contributed by atoms with Crippen LogP contribution in [-0.4, -0.2) is 27.0 Å². The monoisotopic (exact) mass is 332 g/mol. The van der Waals surface area contributed by atoms with Gasteiger partial charge in [-0.1, -0.05) is 54.6 Å². The van der Waals surface area contributed by atoms with Gasteiger partial charge in [-0.05, 0) is 23.8 Å². The van der Waals surface area contributed by atoms with Gasteiger partial charge in [0.25, 0.3) is 5.91 Å². The maximum Gasteiger partial charge on any atom is 0.295 e. The molecule has 124 valence electrons. The zero-order chi connectivity index (χ0) is 17.5. The number of hydrogen-bond donors (Lipinski definition) is 2. The molecule has 3 aromatic rings. The molecule has 0 fully saturated rings. The summed E-state index contributed by atoms with van der Waals surface area (Å²) in [6.07, 6.45) is 6.40. The molecule has 1 aromatic heterocycles. The number of carbonyl (C=O) groups is 1. The number of carbonyl (C=O) groups excluding carboxylic acids is 1. The number of para-hydroxylation sites is 1. The van der Waals surface area contributed by atoms with Gasteiger partial charge in [-0.3, -0.25) is 4.79 Å². The minimum absolute atomic E-state index is 0.0898. The summed E-state index contributed by atoms with van der Waals surface area (Å²) in [4.78, 5) is 12.1. The van der Waals surface area contributed by atoms with Crippen LogP contribution in [0.3, 0.4) is 0 Å². The number of nitrogens with one attached hydrogen (secondary N) is 1. The molecule has 3 rings (SSSR count). The number of aromatic nitrogens is 2. The van der Waals surface area contributed by atoms with E-state index in [0.717, 1.165) is 11.3 Å². The van der Waals surface area contributed by atoms with E-state index in [9.17, 15) is 9.90 Å². The lowest BCUT2D eigenvalue weighted by Gasteiger charge is -1.99. The molecule has 0 spiro atoms. The molecular formula is C19H16N4O2. The van der Waals surface area contributed by atoms with E-state index in [1.165, 1.54) is 17.1 Å². The third-order valence-electron chi connectivity index (χ3n) is 3.35. The van der Waals surface area contributed by atoms with Gasteiger partial charge in [0.15, 0.2) is 11.4 Å². The molecule has 2 N–H and O–H groups in total. The van der Waals surface area contributed by atoms with Crippen molar-refractivity contribution in [3.8, 4) is 11.4 Å². The number of aromatic hydroxyl groups is 1. The molecule has 0 aliphatic carbocycles. The summed E-state index contributed by atoms with van der Waals surface area (Å²) in [5.74, 6) is -0.798. The maximum atomic E-state index is 12.1. The van der Waals surface area contributed by atoms with Gasteiger partial charge >= 0.3 is 0 Å². The molecule has 0 bridgehead atoms. The number of nitrogens with zero attached hydrogens (tertiary/aromatic N) is 3. The number of hydrazone groups is 1. The Morgan fingerprint density at radius 1 is 1.08 bits per heavy atom. The number of benzene rings is 2. The van der Waals surface area contributed by atoms with E-state index >= 15 is 0 Å². The lowest BCUT2D eigenvalue weighted by atomic mass is 10.2. The SMILES string of the molecule is O=C(NN=CC=Cc1ccccc1)c1nn(-c2ccccc2)cc1O. The zero-order valence-electron chi connectivity index (χ0n) is 13.3. The average Bonchev–Trinajstić information content (AvgIpc) is 3.05. The van der Waals surface area contributed by atoms with Crippen LogP contribution in [0.5, 0.6) is 5.75 Å². The number of rotatable bonds is 5. The lowest BCUT2D eigenvalue weighted by molar-refractivity contribution is 0.0947. The predicted octanol–water partition coefficient (Wildman–Crippen LogP) is 3.01. The summed E-state index contributed by atoms with van der Waals surface area (Å²) in [5.41, 5.74) is 4.01. The Morgan fingerprint density at radius 3 is 2.48 bits per heavy atom. The van der Waals surface area contributed by atoms with Gasteiger partial charge < -0.3 is 5.11 Å². The van der Waals surface area contributed by atoms with Crippen LogP contribution >= 0.6 is 0 Å². The predicted molar refractivity (Wildman–Crippen MR) is 96.7 cm³/mol. The molecule has 1 heterocycles. The minimum atomic E-state index is -0.587. The van der Waals surface area contributed by atoms with E-state index < -0.39 is 5.91 Å². The number of allylic oxidation sites excluding steroid dienone is 1. The third kappa shape index (κ3) is 4.20. The van der Waals surface area contributed by atoms with Gasteiger partial charge in [-0.15, -0.1) is 0 Å². The molecule has 0 saturated carbocycles. The first-order valence-electron chi connectivity index (χ1n) is 7.63. The van der Waals surface area contributed by atoms with Crippen molar-refractivity contribution in [3.63, 3.8) is 0 Å². The summed E-state index contributed by atoms with van der Waals surface area (Å²) in [7, 11) is 0. The van der Waals surface area contributed by atoms with E-state index in [4.69, 9.17) is 0 Å². The smallest absolute Gasteiger partial charge is 0.295 e. The van der Waals surface area contributed by atoms with Gasteiger partial charge in [0.05, 0.1) is 11.9 Å². The molecular weight excluding hydrogens is 316 g/mol. The van der Waals surface area contributed by atoms with Crippen molar-refractivity contribution >= 4 is 18.2 Å². The second-order valence-corrected chi connectivity index (χ2v) is 5.13. The fourth-order valence-corrected chi connectivity index (χ4v) is 2.15. The third-order valence-corrected chi connectivity index (χ3v) is 3.35. The number of hydrogen-bond acceptors (Lipinski definition) is 4. The van der Waals surface area contributed by atoms with Crippen molar-refractivity contribution in [2.45, 2.75) is 0 Å². The fourth-order valence-electron chi connectivity index (χ4n) is 2.15. The van der Waals surface area contributed by atoms with E-state index in [1.54, 1.807) is 6.08 Å². The van der Waals surface area contributed by atoms with E-state index in [0.29, 0.717) is 0 Å². The van der Waals surface area contributed by atoms with Crippen LogP contribution < -0.4 is 5.43 Å². The molecule has 0 saturated heterocycles. The van der Waals surface area contributed by atoms with Gasteiger partial charge in [-0.2, -0.15) is 10.2 Å². The Labute approximate surface area is 144 Å². The van der Waals surface area contributed by atoms with Crippen molar-refractivity contribution in [2.75, 3.05) is 0 Å². The largest absolute Gasteiger partial charge is 0.504 e. The first-order valence-corrected chi connectivity index (χ1v) is 7.63. The lowest BCUT2D eigenvalue weighted by Crippen LogP contribution is -2.18. The summed E-state index contributed by atoms with van der Waals surface area (Å²) < 4.78 is 1.43. The Hall–Kier alpha value is -3.67. The second-order valence-electron chi connectivity index (χ2n) is 5.13. The van der Waals surface area contributed by atoms with Crippen LogP contribution in [-0.2, 0) is 0 Å². The van der Waals surface area contributed by atoms with E-state index in [1.807, 2.05) is 66.7 Å². The first kappa shape index (κ1) is 16.2. The van der Waals surface area contributed by atoms with Crippen LogP contribution in [0.25, 0.3) is 11.8 Å². The van der Waals surface area contributed by atoms with Crippen LogP contribution in [0, 0.1) is 0 Å². The summed E-state index contributed by atoms with van der Waals surface area (Å²) in [5, 5.41) is 17.8. The summed E-state index contributed by atoms with van der Waals surface area (Å²) >= 11 is 0. The standard InChI is InChI=1S/C19H16N4O2/c24-17-14-23(16-11-5-2-6-12-16)22-18(17)19(25)21-20-13-7-10-15-8-3-1-4-9-15/h1-14,24H,(H,21,25). The van der Waals surface area contributed by atoms with E-state index in [-0.39, 0.29) is 11.4 Å². The van der Waals surface area contributed by atoms with Gasteiger partial charge in [0, 0.05) is 6.21 Å². The van der Waals surface area contributed by atoms with Gasteiger partial charge in [-0.25, -0.2) is 10.1 Å². The molecule has 0 radical (unpaired) electrons. The fraction of sp³-hybridized carbons (Fsp3) is 0. The van der Waals surface area contributed by atoms with Crippen molar-refractivity contribution in [1.82, 2.24) is 15.2 Å². The topological polar surface area (TPSA) is 79.5 Å². The van der Waals surface area contributed by atoms with Crippen molar-refractivity contribution in [2.24, 2.45) is 5.10 Å². The summed E-state index contributed by atoms with van der Waals surface area (Å²) in [6.45, 7) is 0. The Morgan fingerprint density at radius 2 is 1.76 bits per heavy atom. The molecule has 0 unspecified atom stereocenters. The highest BCUT2D eigenvalue weighted by molar-refractivity contribution is 5.95. The normalized spacial score (nSPS) is 11.2. The van der Waals surface area contributed by atoms with Crippen molar-refractivity contribution < 1.29 is 9.90 Å². The molecule has 0 atom stereocenters. The Bertz CT molecular complexity index is 900. The molecule has 1 amide bonds. The van der Waals surface area contributed by atoms with Crippen LogP contribution in [0.4, 0.5) is 0 Å². The quantitative estimate of drug-likeness (QED) is 0.557. The molecule has 25 heavy (non-hydrogen) atoms. The maximum absolute atomic E-state index is 12.1. The molecule has 0 aliphatic heterocycles. The highest BCUT2D eigenvalue weighted by atomic mass is 16.3. The van der Waals surface area contributed by atoms with Crippen LogP contribution in [0.2, 0.25) is 0 Å². The molecule has 6 heteroatoms. The van der Waals surface area contributed by atoms with Gasteiger partial charge in [0.2, 0.25) is 0 Å². The average molecular weight is 332 g/mol. The molecule has 0 aliphatic rings. The van der Waals surface area contributed by atoms with Crippen LogP contribution in [0.15, 0.2) is 78.0 Å². The Balaban J connectivity index is 1.63.